The van der Waals surface area contributed by atoms with Gasteiger partial charge in [-0.15, -0.1) is 0 Å². The van der Waals surface area contributed by atoms with Crippen LogP contribution in [0.5, 0.6) is 5.75 Å². The summed E-state index contributed by atoms with van der Waals surface area (Å²) in [4.78, 5) is 17.2. The summed E-state index contributed by atoms with van der Waals surface area (Å²) in [5, 5.41) is 3.04. The summed E-state index contributed by atoms with van der Waals surface area (Å²) in [5.74, 6) is 1.88. The molecule has 0 unspecified atom stereocenters. The number of imidazole rings is 1. The molecule has 170 valence electrons. The second-order valence-corrected chi connectivity index (χ2v) is 8.51. The Morgan fingerprint density at radius 1 is 1.03 bits per heavy atom. The van der Waals surface area contributed by atoms with Crippen LogP contribution in [0.3, 0.4) is 0 Å². The quantitative estimate of drug-likeness (QED) is 0.372. The van der Waals surface area contributed by atoms with Crippen LogP contribution >= 0.6 is 0 Å². The maximum absolute atomic E-state index is 12.3. The molecule has 0 radical (unpaired) electrons. The molecule has 0 aliphatic carbocycles. The monoisotopic (exact) mass is 441 g/mol. The van der Waals surface area contributed by atoms with Crippen LogP contribution in [0.1, 0.15) is 34.5 Å². The van der Waals surface area contributed by atoms with Gasteiger partial charge in [0.05, 0.1) is 24.6 Å². The van der Waals surface area contributed by atoms with Gasteiger partial charge in [-0.1, -0.05) is 48.0 Å². The summed E-state index contributed by atoms with van der Waals surface area (Å²) in [7, 11) is 1.64. The van der Waals surface area contributed by atoms with Gasteiger partial charge in [-0.3, -0.25) is 4.79 Å². The van der Waals surface area contributed by atoms with E-state index in [1.54, 1.807) is 7.11 Å². The number of hydrogen-bond acceptors (Lipinski definition) is 3. The molecule has 0 bridgehead atoms. The van der Waals surface area contributed by atoms with Crippen molar-refractivity contribution in [1.29, 1.82) is 0 Å². The number of benzene rings is 3. The highest BCUT2D eigenvalue weighted by Crippen LogP contribution is 2.21. The number of hydrogen-bond donors (Lipinski definition) is 1. The number of carbonyl (C=O) groups excluding carboxylic acids is 1. The van der Waals surface area contributed by atoms with Gasteiger partial charge in [-0.25, -0.2) is 4.98 Å². The third kappa shape index (κ3) is 5.61. The maximum atomic E-state index is 12.3. The molecule has 0 saturated carbocycles. The Kier molecular flexibility index (Phi) is 7.08. The Morgan fingerprint density at radius 2 is 1.82 bits per heavy atom. The second kappa shape index (κ2) is 10.3. The molecule has 5 heteroatoms. The van der Waals surface area contributed by atoms with E-state index in [-0.39, 0.29) is 5.91 Å². The number of ether oxygens (including phenoxy) is 1. The van der Waals surface area contributed by atoms with Crippen molar-refractivity contribution in [2.24, 2.45) is 0 Å². The fourth-order valence-electron chi connectivity index (χ4n) is 4.10. The average molecular weight is 442 g/mol. The zero-order chi connectivity index (χ0) is 23.2. The molecule has 1 N–H and O–H groups in total. The van der Waals surface area contributed by atoms with E-state index < -0.39 is 0 Å². The van der Waals surface area contributed by atoms with Gasteiger partial charge >= 0.3 is 0 Å². The zero-order valence-corrected chi connectivity index (χ0v) is 19.6. The smallest absolute Gasteiger partial charge is 0.224 e. The number of fused-ring (bicyclic) bond motifs is 1. The molecule has 0 atom stereocenters. The Bertz CT molecular complexity index is 1240. The number of nitrogens with one attached hydrogen (secondary N) is 1. The van der Waals surface area contributed by atoms with E-state index in [2.05, 4.69) is 60.1 Å². The Morgan fingerprint density at radius 3 is 2.61 bits per heavy atom. The Balaban J connectivity index is 1.39. The summed E-state index contributed by atoms with van der Waals surface area (Å²) in [6.07, 6.45) is 2.02. The number of nitrogens with zero attached hydrogens (tertiary/aromatic N) is 2. The fraction of sp³-hybridized carbons (Fsp3) is 0.286. The highest BCUT2D eigenvalue weighted by molar-refractivity contribution is 5.78. The topological polar surface area (TPSA) is 56.1 Å². The molecular weight excluding hydrogens is 410 g/mol. The minimum absolute atomic E-state index is 0.0315. The molecule has 0 spiro atoms. The molecule has 5 nitrogen and oxygen atoms in total. The second-order valence-electron chi connectivity index (χ2n) is 8.51. The highest BCUT2D eigenvalue weighted by atomic mass is 16.5. The van der Waals surface area contributed by atoms with Crippen molar-refractivity contribution in [3.63, 3.8) is 0 Å². The van der Waals surface area contributed by atoms with Gasteiger partial charge in [-0.2, -0.15) is 0 Å². The lowest BCUT2D eigenvalue weighted by Gasteiger charge is -2.13. The minimum Gasteiger partial charge on any atom is -0.497 e. The van der Waals surface area contributed by atoms with E-state index in [9.17, 15) is 4.79 Å². The van der Waals surface area contributed by atoms with Crippen molar-refractivity contribution in [3.05, 3.63) is 94.8 Å². The van der Waals surface area contributed by atoms with Crippen LogP contribution in [0.25, 0.3) is 11.0 Å². The summed E-state index contributed by atoms with van der Waals surface area (Å²) in [5.41, 5.74) is 7.00. The largest absolute Gasteiger partial charge is 0.497 e. The fourth-order valence-corrected chi connectivity index (χ4v) is 4.10. The van der Waals surface area contributed by atoms with E-state index in [4.69, 9.17) is 9.72 Å². The van der Waals surface area contributed by atoms with E-state index in [0.717, 1.165) is 47.6 Å². The first-order valence-electron chi connectivity index (χ1n) is 11.4. The molecule has 4 aromatic rings. The van der Waals surface area contributed by atoms with Crippen LogP contribution in [-0.2, 0) is 24.2 Å². The highest BCUT2D eigenvalue weighted by Gasteiger charge is 2.12. The third-order valence-corrected chi connectivity index (χ3v) is 5.99. The molecule has 3 aromatic carbocycles. The first kappa shape index (κ1) is 22.6. The lowest BCUT2D eigenvalue weighted by Crippen LogP contribution is -2.26. The standard InChI is InChI=1S/C28H31N3O2/c1-20-10-11-21(2)23(17-20)19-31-26-8-5-4-7-25(26)30-27(31)9-6-16-29-28(32)18-22-12-14-24(33-3)15-13-22/h4-5,7-8,10-15,17H,6,9,16,18-19H2,1-3H3,(H,29,32). The molecule has 0 aliphatic heterocycles. The van der Waals surface area contributed by atoms with E-state index >= 15 is 0 Å². The molecule has 0 fully saturated rings. The van der Waals surface area contributed by atoms with Gasteiger partial charge in [0.15, 0.2) is 0 Å². The van der Waals surface area contributed by atoms with E-state index in [1.165, 1.54) is 16.7 Å². The van der Waals surface area contributed by atoms with Gasteiger partial charge in [0, 0.05) is 19.5 Å². The van der Waals surface area contributed by atoms with Crippen molar-refractivity contribution in [2.75, 3.05) is 13.7 Å². The molecule has 1 aromatic heterocycles. The first-order chi connectivity index (χ1) is 16.0. The summed E-state index contributed by atoms with van der Waals surface area (Å²) in [6, 6.07) is 22.5. The molecule has 4 rings (SSSR count). The molecule has 0 aliphatic rings. The van der Waals surface area contributed by atoms with Gasteiger partial charge in [-0.05, 0) is 61.2 Å². The molecule has 0 saturated heterocycles. The molecule has 33 heavy (non-hydrogen) atoms. The lowest BCUT2D eigenvalue weighted by atomic mass is 10.1. The predicted molar refractivity (Wildman–Crippen MR) is 133 cm³/mol. The number of methoxy groups -OCH3 is 1. The van der Waals surface area contributed by atoms with Crippen LogP contribution < -0.4 is 10.1 Å². The molecule has 1 amide bonds. The van der Waals surface area contributed by atoms with E-state index in [0.29, 0.717) is 13.0 Å². The van der Waals surface area contributed by atoms with Crippen LogP contribution in [0.2, 0.25) is 0 Å². The maximum Gasteiger partial charge on any atom is 0.224 e. The molecule has 1 heterocycles. The number of rotatable bonds is 9. The lowest BCUT2D eigenvalue weighted by molar-refractivity contribution is -0.120. The number of para-hydroxylation sites is 2. The number of aryl methyl sites for hydroxylation is 3. The Labute approximate surface area is 195 Å². The van der Waals surface area contributed by atoms with Crippen molar-refractivity contribution >= 4 is 16.9 Å². The van der Waals surface area contributed by atoms with Crippen molar-refractivity contribution < 1.29 is 9.53 Å². The van der Waals surface area contributed by atoms with Crippen LogP contribution in [0, 0.1) is 13.8 Å². The third-order valence-electron chi connectivity index (χ3n) is 5.99. The SMILES string of the molecule is COc1ccc(CC(=O)NCCCc2nc3ccccc3n2Cc2cc(C)ccc2C)cc1. The van der Waals surface area contributed by atoms with Crippen LogP contribution in [0.15, 0.2) is 66.7 Å². The summed E-state index contributed by atoms with van der Waals surface area (Å²) < 4.78 is 7.48. The van der Waals surface area contributed by atoms with Crippen LogP contribution in [0.4, 0.5) is 0 Å². The number of amides is 1. The van der Waals surface area contributed by atoms with Gasteiger partial charge in [0.1, 0.15) is 11.6 Å². The van der Waals surface area contributed by atoms with Crippen molar-refractivity contribution in [1.82, 2.24) is 14.9 Å². The number of aromatic nitrogens is 2. The van der Waals surface area contributed by atoms with Crippen LogP contribution in [-0.4, -0.2) is 29.1 Å². The van der Waals surface area contributed by atoms with Gasteiger partial charge < -0.3 is 14.6 Å². The van der Waals surface area contributed by atoms with Gasteiger partial charge in [0.25, 0.3) is 0 Å². The summed E-state index contributed by atoms with van der Waals surface area (Å²) in [6.45, 7) is 5.71. The van der Waals surface area contributed by atoms with Gasteiger partial charge in [0.2, 0.25) is 5.91 Å². The number of carbonyl (C=O) groups is 1. The molecular formula is C28H31N3O2. The average Bonchev–Trinajstić information content (AvgIpc) is 3.17. The minimum atomic E-state index is 0.0315. The van der Waals surface area contributed by atoms with E-state index in [1.807, 2.05) is 30.3 Å². The first-order valence-corrected chi connectivity index (χ1v) is 11.4. The predicted octanol–water partition coefficient (Wildman–Crippen LogP) is 5.00. The van der Waals surface area contributed by atoms with Crippen molar-refractivity contribution in [2.45, 2.75) is 39.7 Å². The zero-order valence-electron chi connectivity index (χ0n) is 19.6. The summed E-state index contributed by atoms with van der Waals surface area (Å²) >= 11 is 0. The normalized spacial score (nSPS) is 11.0. The van der Waals surface area contributed by atoms with Crippen molar-refractivity contribution in [3.8, 4) is 5.75 Å². The Hall–Kier alpha value is -3.60.